The SMILES string of the molecule is C/C=C\C(=O)N(C=O)CCC(C)=O. The first kappa shape index (κ1) is 11.6. The molecule has 2 amide bonds. The molecule has 13 heavy (non-hydrogen) atoms. The highest BCUT2D eigenvalue weighted by Gasteiger charge is 2.08. The third-order valence-corrected chi connectivity index (χ3v) is 1.42. The maximum Gasteiger partial charge on any atom is 0.252 e. The number of ketones is 1. The minimum atomic E-state index is -0.390. The van der Waals surface area contributed by atoms with Crippen LogP contribution in [-0.4, -0.2) is 29.5 Å². The number of rotatable bonds is 5. The zero-order valence-electron chi connectivity index (χ0n) is 7.82. The second-order valence-corrected chi connectivity index (χ2v) is 2.59. The maximum atomic E-state index is 11.1. The lowest BCUT2D eigenvalue weighted by molar-refractivity contribution is -0.134. The van der Waals surface area contributed by atoms with Gasteiger partial charge in [0.2, 0.25) is 6.41 Å². The van der Waals surface area contributed by atoms with Gasteiger partial charge in [0.05, 0.1) is 0 Å². The Hall–Kier alpha value is -1.45. The molecule has 0 aromatic carbocycles. The van der Waals surface area contributed by atoms with E-state index >= 15 is 0 Å². The molecule has 0 fully saturated rings. The van der Waals surface area contributed by atoms with Crippen LogP contribution in [0.4, 0.5) is 0 Å². The summed E-state index contributed by atoms with van der Waals surface area (Å²) in [6.07, 6.45) is 3.48. The molecule has 72 valence electrons. The molecule has 0 heterocycles. The predicted molar refractivity (Wildman–Crippen MR) is 47.9 cm³/mol. The van der Waals surface area contributed by atoms with Gasteiger partial charge in [-0.3, -0.25) is 19.3 Å². The Bertz CT molecular complexity index is 233. The molecule has 0 saturated heterocycles. The Morgan fingerprint density at radius 3 is 2.38 bits per heavy atom. The number of amides is 2. The molecule has 0 spiro atoms. The average molecular weight is 183 g/mol. The van der Waals surface area contributed by atoms with Crippen LogP contribution in [0.2, 0.25) is 0 Å². The van der Waals surface area contributed by atoms with Gasteiger partial charge in [-0.25, -0.2) is 0 Å². The normalized spacial score (nSPS) is 10.0. The van der Waals surface area contributed by atoms with E-state index in [9.17, 15) is 14.4 Å². The fourth-order valence-electron chi connectivity index (χ4n) is 0.731. The Balaban J connectivity index is 4.10. The van der Waals surface area contributed by atoms with E-state index in [1.165, 1.54) is 13.0 Å². The summed E-state index contributed by atoms with van der Waals surface area (Å²) in [5, 5.41) is 0. The van der Waals surface area contributed by atoms with Crippen molar-refractivity contribution in [3.63, 3.8) is 0 Å². The van der Waals surface area contributed by atoms with E-state index in [2.05, 4.69) is 0 Å². The Morgan fingerprint density at radius 2 is 2.00 bits per heavy atom. The fraction of sp³-hybridized carbons (Fsp3) is 0.444. The van der Waals surface area contributed by atoms with E-state index in [0.29, 0.717) is 6.41 Å². The molecule has 0 aliphatic rings. The van der Waals surface area contributed by atoms with E-state index in [1.807, 2.05) is 0 Å². The molecular formula is C9H13NO3. The molecule has 0 aliphatic carbocycles. The Morgan fingerprint density at radius 1 is 1.38 bits per heavy atom. The molecule has 0 bridgehead atoms. The Kier molecular flexibility index (Phi) is 5.43. The van der Waals surface area contributed by atoms with Gasteiger partial charge < -0.3 is 0 Å². The van der Waals surface area contributed by atoms with Gasteiger partial charge in [-0.15, -0.1) is 0 Å². The molecule has 0 unspecified atom stereocenters. The van der Waals surface area contributed by atoms with Gasteiger partial charge >= 0.3 is 0 Å². The summed E-state index contributed by atoms with van der Waals surface area (Å²) in [4.78, 5) is 33.0. The van der Waals surface area contributed by atoms with Crippen LogP contribution < -0.4 is 0 Å². The van der Waals surface area contributed by atoms with Crippen molar-refractivity contribution in [1.29, 1.82) is 0 Å². The van der Waals surface area contributed by atoms with Gasteiger partial charge in [0.1, 0.15) is 5.78 Å². The molecule has 4 nitrogen and oxygen atoms in total. The van der Waals surface area contributed by atoms with Gasteiger partial charge in [0.25, 0.3) is 5.91 Å². The number of imide groups is 1. The van der Waals surface area contributed by atoms with E-state index in [0.717, 1.165) is 4.90 Å². The third kappa shape index (κ3) is 4.90. The van der Waals surface area contributed by atoms with Crippen LogP contribution >= 0.6 is 0 Å². The minimum Gasteiger partial charge on any atom is -0.300 e. The molecule has 0 aromatic heterocycles. The summed E-state index contributed by atoms with van der Waals surface area (Å²) in [5.74, 6) is -0.432. The van der Waals surface area contributed by atoms with Crippen molar-refractivity contribution in [3.8, 4) is 0 Å². The average Bonchev–Trinajstić information content (AvgIpc) is 2.05. The molecule has 0 aromatic rings. The van der Waals surface area contributed by atoms with Crippen LogP contribution in [-0.2, 0) is 14.4 Å². The molecule has 0 N–H and O–H groups in total. The quantitative estimate of drug-likeness (QED) is 0.461. The van der Waals surface area contributed by atoms with E-state index in [1.54, 1.807) is 13.0 Å². The lowest BCUT2D eigenvalue weighted by Gasteiger charge is -2.11. The zero-order chi connectivity index (χ0) is 10.3. The largest absolute Gasteiger partial charge is 0.300 e. The van der Waals surface area contributed by atoms with Gasteiger partial charge in [-0.2, -0.15) is 0 Å². The number of allylic oxidation sites excluding steroid dienone is 1. The molecule has 4 heteroatoms. The highest BCUT2D eigenvalue weighted by Crippen LogP contribution is 1.91. The van der Waals surface area contributed by atoms with Crippen LogP contribution in [0, 0.1) is 0 Å². The van der Waals surface area contributed by atoms with E-state index < -0.39 is 5.91 Å². The standard InChI is InChI=1S/C9H13NO3/c1-3-4-9(13)10(7-11)6-5-8(2)12/h3-4,7H,5-6H2,1-2H3/b4-3-. The maximum absolute atomic E-state index is 11.1. The number of hydrogen-bond acceptors (Lipinski definition) is 3. The Labute approximate surface area is 77.2 Å². The molecule has 0 atom stereocenters. The third-order valence-electron chi connectivity index (χ3n) is 1.42. The molecule has 0 rings (SSSR count). The topological polar surface area (TPSA) is 54.5 Å². The molecular weight excluding hydrogens is 170 g/mol. The molecule has 0 aliphatic heterocycles. The summed E-state index contributed by atoms with van der Waals surface area (Å²) >= 11 is 0. The number of nitrogens with zero attached hydrogens (tertiary/aromatic N) is 1. The van der Waals surface area contributed by atoms with Gasteiger partial charge in [0, 0.05) is 13.0 Å². The minimum absolute atomic E-state index is 0.0415. The van der Waals surface area contributed by atoms with Crippen molar-refractivity contribution >= 4 is 18.1 Å². The summed E-state index contributed by atoms with van der Waals surface area (Å²) < 4.78 is 0. The number of carbonyl (C=O) groups excluding carboxylic acids is 3. The summed E-state index contributed by atoms with van der Waals surface area (Å²) in [6, 6.07) is 0. The summed E-state index contributed by atoms with van der Waals surface area (Å²) in [7, 11) is 0. The van der Waals surface area contributed by atoms with Crippen LogP contribution in [0.3, 0.4) is 0 Å². The first-order chi connectivity index (χ1) is 6.11. The second kappa shape index (κ2) is 6.11. The van der Waals surface area contributed by atoms with Crippen molar-refractivity contribution in [2.75, 3.05) is 6.54 Å². The van der Waals surface area contributed by atoms with Gasteiger partial charge in [0.15, 0.2) is 0 Å². The number of carbonyl (C=O) groups is 3. The first-order valence-corrected chi connectivity index (χ1v) is 3.99. The van der Waals surface area contributed by atoms with Crippen molar-refractivity contribution < 1.29 is 14.4 Å². The van der Waals surface area contributed by atoms with Crippen molar-refractivity contribution in [2.45, 2.75) is 20.3 Å². The van der Waals surface area contributed by atoms with Crippen LogP contribution in [0.1, 0.15) is 20.3 Å². The smallest absolute Gasteiger partial charge is 0.252 e. The molecule has 0 radical (unpaired) electrons. The summed E-state index contributed by atoms with van der Waals surface area (Å²) in [6.45, 7) is 3.26. The van der Waals surface area contributed by atoms with Crippen molar-refractivity contribution in [3.05, 3.63) is 12.2 Å². The van der Waals surface area contributed by atoms with E-state index in [-0.39, 0.29) is 18.7 Å². The lowest BCUT2D eigenvalue weighted by Crippen LogP contribution is -2.29. The highest BCUT2D eigenvalue weighted by molar-refractivity contribution is 5.94. The zero-order valence-corrected chi connectivity index (χ0v) is 7.82. The van der Waals surface area contributed by atoms with Crippen LogP contribution in [0.5, 0.6) is 0 Å². The van der Waals surface area contributed by atoms with Gasteiger partial charge in [-0.1, -0.05) is 6.08 Å². The van der Waals surface area contributed by atoms with Crippen LogP contribution in [0.15, 0.2) is 12.2 Å². The van der Waals surface area contributed by atoms with E-state index in [4.69, 9.17) is 0 Å². The predicted octanol–water partition coefficient (Wildman–Crippen LogP) is 0.527. The van der Waals surface area contributed by atoms with Crippen molar-refractivity contribution in [1.82, 2.24) is 4.90 Å². The fourth-order valence-corrected chi connectivity index (χ4v) is 0.731. The van der Waals surface area contributed by atoms with Crippen molar-refractivity contribution in [2.24, 2.45) is 0 Å². The number of Topliss-reactive ketones (excluding diaryl/α,β-unsaturated/α-hetero) is 1. The second-order valence-electron chi connectivity index (χ2n) is 2.59. The molecule has 0 saturated carbocycles. The van der Waals surface area contributed by atoms with Crippen LogP contribution in [0.25, 0.3) is 0 Å². The summed E-state index contributed by atoms with van der Waals surface area (Å²) in [5.41, 5.74) is 0. The number of hydrogen-bond donors (Lipinski definition) is 0. The monoisotopic (exact) mass is 183 g/mol. The lowest BCUT2D eigenvalue weighted by atomic mass is 10.3. The first-order valence-electron chi connectivity index (χ1n) is 3.99. The van der Waals surface area contributed by atoms with Gasteiger partial charge in [-0.05, 0) is 19.9 Å². The highest BCUT2D eigenvalue weighted by atomic mass is 16.2.